The molecule has 0 radical (unpaired) electrons. The zero-order valence-electron chi connectivity index (χ0n) is 23.5. The minimum absolute atomic E-state index is 0.00663. The van der Waals surface area contributed by atoms with Gasteiger partial charge in [-0.2, -0.15) is 0 Å². The Morgan fingerprint density at radius 1 is 1.16 bits per heavy atom. The van der Waals surface area contributed by atoms with Gasteiger partial charge in [0.15, 0.2) is 5.78 Å². The lowest BCUT2D eigenvalue weighted by Crippen LogP contribution is -2.49. The van der Waals surface area contributed by atoms with Crippen molar-refractivity contribution >= 4 is 17.7 Å². The molecule has 0 aromatic rings. The lowest BCUT2D eigenvalue weighted by Gasteiger charge is -2.57. The summed E-state index contributed by atoms with van der Waals surface area (Å²) in [5.74, 6) is 0.935. The molecule has 3 saturated carbocycles. The summed E-state index contributed by atoms with van der Waals surface area (Å²) in [6.45, 7) is 12.3. The number of ketones is 1. The van der Waals surface area contributed by atoms with Crippen LogP contribution in [0, 0.1) is 40.4 Å². The number of esters is 1. The van der Waals surface area contributed by atoms with Crippen LogP contribution in [0.3, 0.4) is 0 Å². The van der Waals surface area contributed by atoms with Gasteiger partial charge >= 0.3 is 5.97 Å². The van der Waals surface area contributed by atoms with Gasteiger partial charge in [0, 0.05) is 26.8 Å². The number of aliphatic hydroxyl groups is 1. The Hall–Kier alpha value is -1.95. The molecule has 3 fully saturated rings. The number of hydrogen-bond donors (Lipinski definition) is 2. The lowest BCUT2D eigenvalue weighted by molar-refractivity contribution is -0.148. The molecule has 5 aliphatic rings. The van der Waals surface area contributed by atoms with E-state index in [-0.39, 0.29) is 40.5 Å². The van der Waals surface area contributed by atoms with E-state index in [1.54, 1.807) is 0 Å². The van der Waals surface area contributed by atoms with E-state index in [1.807, 2.05) is 6.92 Å². The van der Waals surface area contributed by atoms with Crippen LogP contribution in [-0.2, 0) is 19.1 Å². The van der Waals surface area contributed by atoms with Crippen LogP contribution < -0.4 is 5.32 Å². The zero-order valence-corrected chi connectivity index (χ0v) is 23.5. The average Bonchev–Trinajstić information content (AvgIpc) is 3.17. The van der Waals surface area contributed by atoms with Crippen molar-refractivity contribution < 1.29 is 24.2 Å². The fourth-order valence-electron chi connectivity index (χ4n) is 9.68. The number of Topliss-reactive ketones (excluding diaryl/α,β-unsaturated/α-hetero) is 1. The highest BCUT2D eigenvalue weighted by molar-refractivity contribution is 6.02. The van der Waals surface area contributed by atoms with E-state index in [1.165, 1.54) is 19.4 Å². The number of carbonyl (C=O) groups excluding carboxylic acids is 3. The van der Waals surface area contributed by atoms with Crippen LogP contribution in [0.5, 0.6) is 0 Å². The van der Waals surface area contributed by atoms with E-state index in [9.17, 15) is 19.5 Å². The molecule has 9 atom stereocenters. The van der Waals surface area contributed by atoms with Crippen molar-refractivity contribution in [2.45, 2.75) is 105 Å². The smallest absolute Gasteiger partial charge is 0.302 e. The summed E-state index contributed by atoms with van der Waals surface area (Å²) in [5, 5.41) is 15.2. The van der Waals surface area contributed by atoms with E-state index in [0.29, 0.717) is 37.1 Å². The maximum atomic E-state index is 13.5. The molecule has 0 unspecified atom stereocenters. The van der Waals surface area contributed by atoms with E-state index >= 15 is 0 Å². The summed E-state index contributed by atoms with van der Waals surface area (Å²) in [4.78, 5) is 36.5. The predicted molar refractivity (Wildman–Crippen MR) is 141 cm³/mol. The number of hydrogen-bond acceptors (Lipinski definition) is 5. The Labute approximate surface area is 221 Å². The number of allylic oxidation sites excluding steroid dienone is 2. The summed E-state index contributed by atoms with van der Waals surface area (Å²) in [7, 11) is 0. The first-order valence-corrected chi connectivity index (χ1v) is 14.4. The van der Waals surface area contributed by atoms with Crippen molar-refractivity contribution in [2.24, 2.45) is 40.4 Å². The quantitative estimate of drug-likeness (QED) is 0.405. The van der Waals surface area contributed by atoms with Crippen LogP contribution in [0.2, 0.25) is 0 Å². The second-order valence-corrected chi connectivity index (χ2v) is 13.5. The van der Waals surface area contributed by atoms with Crippen LogP contribution in [0.25, 0.3) is 0 Å². The van der Waals surface area contributed by atoms with Gasteiger partial charge < -0.3 is 15.2 Å². The average molecular weight is 512 g/mol. The van der Waals surface area contributed by atoms with Crippen molar-refractivity contribution in [2.75, 3.05) is 6.54 Å². The summed E-state index contributed by atoms with van der Waals surface area (Å²) in [6.07, 6.45) is 9.58. The largest absolute Gasteiger partial charge is 0.462 e. The van der Waals surface area contributed by atoms with E-state index in [2.05, 4.69) is 32.2 Å². The zero-order chi connectivity index (χ0) is 26.9. The number of carbonyl (C=O) groups is 3. The molecule has 204 valence electrons. The predicted octanol–water partition coefficient (Wildman–Crippen LogP) is 4.90. The van der Waals surface area contributed by atoms with Crippen molar-refractivity contribution in [1.29, 1.82) is 0 Å². The number of fused-ring (bicyclic) bond motifs is 7. The Morgan fingerprint density at radius 3 is 2.54 bits per heavy atom. The highest BCUT2D eigenvalue weighted by Crippen LogP contribution is 2.71. The van der Waals surface area contributed by atoms with Crippen molar-refractivity contribution in [3.05, 3.63) is 22.8 Å². The van der Waals surface area contributed by atoms with E-state index < -0.39 is 11.5 Å². The Kier molecular flexibility index (Phi) is 6.53. The first-order chi connectivity index (χ1) is 17.3. The monoisotopic (exact) mass is 511 g/mol. The van der Waals surface area contributed by atoms with Gasteiger partial charge in [0.05, 0.1) is 11.5 Å². The molecule has 0 aromatic carbocycles. The van der Waals surface area contributed by atoms with Gasteiger partial charge in [0.2, 0.25) is 5.91 Å². The lowest BCUT2D eigenvalue weighted by atomic mass is 9.47. The topological polar surface area (TPSA) is 92.7 Å². The van der Waals surface area contributed by atoms with Gasteiger partial charge in [0.25, 0.3) is 0 Å². The third-order valence-electron chi connectivity index (χ3n) is 11.3. The first-order valence-electron chi connectivity index (χ1n) is 14.4. The first kappa shape index (κ1) is 26.6. The molecule has 37 heavy (non-hydrogen) atoms. The molecule has 6 heteroatoms. The van der Waals surface area contributed by atoms with Gasteiger partial charge in [-0.3, -0.25) is 14.4 Å². The van der Waals surface area contributed by atoms with Gasteiger partial charge in [-0.05, 0) is 97.5 Å². The number of nitrogens with one attached hydrogen (secondary N) is 1. The minimum atomic E-state index is -1.07. The highest BCUT2D eigenvalue weighted by atomic mass is 16.5. The minimum Gasteiger partial charge on any atom is -0.462 e. The maximum Gasteiger partial charge on any atom is 0.302 e. The third-order valence-corrected chi connectivity index (χ3v) is 11.3. The summed E-state index contributed by atoms with van der Waals surface area (Å²) >= 11 is 0. The molecule has 5 rings (SSSR count). The fraction of sp³-hybridized carbons (Fsp3) is 0.774. The van der Waals surface area contributed by atoms with Gasteiger partial charge in [0.1, 0.15) is 6.10 Å². The van der Waals surface area contributed by atoms with Crippen molar-refractivity contribution in [3.8, 4) is 0 Å². The van der Waals surface area contributed by atoms with Gasteiger partial charge in [-0.15, -0.1) is 0 Å². The van der Waals surface area contributed by atoms with Gasteiger partial charge in [-0.25, -0.2) is 0 Å². The Bertz CT molecular complexity index is 1080. The van der Waals surface area contributed by atoms with Crippen molar-refractivity contribution in [3.63, 3.8) is 0 Å². The fourth-order valence-corrected chi connectivity index (χ4v) is 9.68. The van der Waals surface area contributed by atoms with Crippen LogP contribution in [0.15, 0.2) is 22.8 Å². The number of rotatable bonds is 5. The second-order valence-electron chi connectivity index (χ2n) is 13.5. The van der Waals surface area contributed by atoms with Crippen LogP contribution in [0.1, 0.15) is 92.9 Å². The Morgan fingerprint density at radius 2 is 1.86 bits per heavy atom. The van der Waals surface area contributed by atoms with Crippen LogP contribution in [-0.4, -0.2) is 41.0 Å². The van der Waals surface area contributed by atoms with Crippen LogP contribution in [0.4, 0.5) is 0 Å². The number of amides is 1. The molecule has 1 amide bonds. The molecule has 0 aromatic heterocycles. The van der Waals surface area contributed by atoms with Crippen molar-refractivity contribution in [1.82, 2.24) is 5.32 Å². The van der Waals surface area contributed by atoms with Gasteiger partial charge in [-0.1, -0.05) is 32.4 Å². The molecule has 0 saturated heterocycles. The summed E-state index contributed by atoms with van der Waals surface area (Å²) < 4.78 is 5.59. The van der Waals surface area contributed by atoms with Crippen LogP contribution >= 0.6 is 0 Å². The molecule has 0 aliphatic heterocycles. The molecule has 5 aliphatic carbocycles. The molecular weight excluding hydrogens is 466 g/mol. The normalized spacial score (nSPS) is 43.3. The molecule has 2 N–H and O–H groups in total. The molecule has 0 spiro atoms. The summed E-state index contributed by atoms with van der Waals surface area (Å²) in [5.41, 5.74) is 2.18. The molecular formula is C31H45NO5. The summed E-state index contributed by atoms with van der Waals surface area (Å²) in [6, 6.07) is 0. The standard InChI is InChI=1S/C31H45NO5/c1-17(16-32-19(3)33)13-25-27(35)18(2)28-30(6)12-10-24-23(26(30)15-31(25,28)36)8-7-21-14-22(37-20(4)34)9-11-29(21,24)5/h7,17,22-26,36H,8-16H2,1-6H3,(H,32,33)/t17-,22-,23+,24-,25-,26-,29-,30-,31+/m0/s1. The molecule has 0 bridgehead atoms. The maximum absolute atomic E-state index is 13.5. The molecule has 6 nitrogen and oxygen atoms in total. The van der Waals surface area contributed by atoms with E-state index in [4.69, 9.17) is 4.74 Å². The molecule has 0 heterocycles. The highest BCUT2D eigenvalue weighted by Gasteiger charge is 2.68. The number of ether oxygens (including phenoxy) is 1. The SMILES string of the molecule is CC(=O)NC[C@@H](C)C[C@H]1C(=O)C(C)=C2[C@@]3(C)CC[C@H]4[C@@H](CC=C5C[C@@H](OC(C)=O)CC[C@@]54C)[C@@H]3C[C@]21O. The third kappa shape index (κ3) is 4.04. The second kappa shape index (κ2) is 9.07. The van der Waals surface area contributed by atoms with E-state index in [0.717, 1.165) is 49.7 Å². The Balaban J connectivity index is 1.42.